The zero-order valence-corrected chi connectivity index (χ0v) is 12.2. The van der Waals surface area contributed by atoms with Gasteiger partial charge in [0.2, 0.25) is 5.91 Å². The number of amides is 1. The third-order valence-electron chi connectivity index (χ3n) is 4.12. The summed E-state index contributed by atoms with van der Waals surface area (Å²) in [5, 5.41) is 0.563. The molecule has 5 heteroatoms. The highest BCUT2D eigenvalue weighted by atomic mass is 16.2. The maximum atomic E-state index is 12.6. The van der Waals surface area contributed by atoms with E-state index in [1.165, 1.54) is 10.9 Å². The first-order valence-electron chi connectivity index (χ1n) is 7.47. The van der Waals surface area contributed by atoms with Gasteiger partial charge in [0.05, 0.1) is 17.2 Å². The van der Waals surface area contributed by atoms with Crippen LogP contribution in [0.2, 0.25) is 0 Å². The number of hydrogen-bond donors (Lipinski definition) is 0. The number of fused-ring (bicyclic) bond motifs is 1. The molecule has 0 saturated carbocycles. The lowest BCUT2D eigenvalue weighted by Crippen LogP contribution is -2.38. The van der Waals surface area contributed by atoms with Crippen LogP contribution >= 0.6 is 0 Å². The fourth-order valence-corrected chi connectivity index (χ4v) is 2.94. The summed E-state index contributed by atoms with van der Waals surface area (Å²) in [6, 6.07) is 6.79. The van der Waals surface area contributed by atoms with E-state index in [-0.39, 0.29) is 11.5 Å². The van der Waals surface area contributed by atoms with Gasteiger partial charge >= 0.3 is 0 Å². The number of nitrogens with zero attached hydrogens (tertiary/aromatic N) is 3. The van der Waals surface area contributed by atoms with Crippen LogP contribution in [0.4, 0.5) is 0 Å². The first kappa shape index (κ1) is 13.8. The molecule has 2 aromatic rings. The molecule has 2 heterocycles. The first-order chi connectivity index (χ1) is 10.2. The van der Waals surface area contributed by atoms with Gasteiger partial charge in [-0.05, 0) is 31.4 Å². The number of para-hydroxylation sites is 1. The Morgan fingerprint density at radius 3 is 2.71 bits per heavy atom. The first-order valence-corrected chi connectivity index (χ1v) is 7.47. The fraction of sp³-hybridized carbons (Fsp3) is 0.438. The Balaban J connectivity index is 2.02. The van der Waals surface area contributed by atoms with E-state index < -0.39 is 6.04 Å². The molecular formula is C16H19N3O2. The summed E-state index contributed by atoms with van der Waals surface area (Å²) in [4.78, 5) is 31.4. The highest BCUT2D eigenvalue weighted by Crippen LogP contribution is 2.18. The normalized spacial score (nSPS) is 16.3. The van der Waals surface area contributed by atoms with Crippen molar-refractivity contribution in [2.24, 2.45) is 0 Å². The Hall–Kier alpha value is -2.17. The number of aromatic nitrogens is 2. The highest BCUT2D eigenvalue weighted by molar-refractivity contribution is 5.82. The van der Waals surface area contributed by atoms with Crippen molar-refractivity contribution in [2.75, 3.05) is 13.1 Å². The van der Waals surface area contributed by atoms with Crippen LogP contribution in [0.5, 0.6) is 0 Å². The molecule has 0 spiro atoms. The summed E-state index contributed by atoms with van der Waals surface area (Å²) >= 11 is 0. The summed E-state index contributed by atoms with van der Waals surface area (Å²) in [6.07, 6.45) is 4.20. The van der Waals surface area contributed by atoms with Crippen LogP contribution in [-0.2, 0) is 4.79 Å². The van der Waals surface area contributed by atoms with E-state index in [0.717, 1.165) is 25.9 Å². The zero-order chi connectivity index (χ0) is 14.8. The maximum absolute atomic E-state index is 12.6. The Morgan fingerprint density at radius 2 is 2.00 bits per heavy atom. The number of hydrogen-bond acceptors (Lipinski definition) is 3. The standard InChI is InChI=1S/C16H19N3O2/c1-2-14(16(21)18-9-5-6-10-18)19-11-17-13-8-4-3-7-12(13)15(19)20/h3-4,7-8,11,14H,2,5-6,9-10H2,1H3. The number of carbonyl (C=O) groups is 1. The van der Waals surface area contributed by atoms with Crippen molar-refractivity contribution in [1.29, 1.82) is 0 Å². The van der Waals surface area contributed by atoms with Crippen LogP contribution in [0.15, 0.2) is 35.4 Å². The minimum Gasteiger partial charge on any atom is -0.341 e. The smallest absolute Gasteiger partial charge is 0.261 e. The number of benzene rings is 1. The van der Waals surface area contributed by atoms with Crippen LogP contribution in [0.3, 0.4) is 0 Å². The van der Waals surface area contributed by atoms with Crippen molar-refractivity contribution >= 4 is 16.8 Å². The molecule has 1 amide bonds. The van der Waals surface area contributed by atoms with Crippen LogP contribution in [0.25, 0.3) is 10.9 Å². The molecule has 110 valence electrons. The van der Waals surface area contributed by atoms with E-state index in [1.54, 1.807) is 6.07 Å². The fourth-order valence-electron chi connectivity index (χ4n) is 2.94. The molecule has 1 aliphatic rings. The second-order valence-electron chi connectivity index (χ2n) is 5.43. The van der Waals surface area contributed by atoms with Gasteiger partial charge in [-0.15, -0.1) is 0 Å². The number of rotatable bonds is 3. The molecule has 0 bridgehead atoms. The molecule has 0 radical (unpaired) electrons. The van der Waals surface area contributed by atoms with E-state index in [0.29, 0.717) is 17.3 Å². The van der Waals surface area contributed by atoms with Gasteiger partial charge in [0.1, 0.15) is 6.04 Å². The molecule has 0 N–H and O–H groups in total. The summed E-state index contributed by atoms with van der Waals surface area (Å²) in [7, 11) is 0. The summed E-state index contributed by atoms with van der Waals surface area (Å²) < 4.78 is 1.49. The topological polar surface area (TPSA) is 55.2 Å². The van der Waals surface area contributed by atoms with Gasteiger partial charge in [-0.1, -0.05) is 19.1 Å². The molecule has 1 fully saturated rings. The van der Waals surface area contributed by atoms with Crippen LogP contribution in [-0.4, -0.2) is 33.4 Å². The largest absolute Gasteiger partial charge is 0.341 e. The Kier molecular flexibility index (Phi) is 3.73. The van der Waals surface area contributed by atoms with E-state index in [2.05, 4.69) is 4.98 Å². The Bertz CT molecular complexity index is 717. The summed E-state index contributed by atoms with van der Waals surface area (Å²) in [5.41, 5.74) is 0.530. The van der Waals surface area contributed by atoms with Gasteiger partial charge < -0.3 is 4.90 Å². The molecule has 5 nitrogen and oxygen atoms in total. The molecule has 1 saturated heterocycles. The van der Waals surface area contributed by atoms with E-state index in [4.69, 9.17) is 0 Å². The predicted octanol–water partition coefficient (Wildman–Crippen LogP) is 1.97. The maximum Gasteiger partial charge on any atom is 0.261 e. The highest BCUT2D eigenvalue weighted by Gasteiger charge is 2.27. The quantitative estimate of drug-likeness (QED) is 0.866. The third kappa shape index (κ3) is 2.44. The summed E-state index contributed by atoms with van der Waals surface area (Å²) in [5.74, 6) is 0.0363. The molecule has 1 unspecified atom stereocenters. The lowest BCUT2D eigenvalue weighted by atomic mass is 10.1. The van der Waals surface area contributed by atoms with Crippen molar-refractivity contribution in [3.05, 3.63) is 40.9 Å². The van der Waals surface area contributed by atoms with Gasteiger partial charge in [-0.2, -0.15) is 0 Å². The second-order valence-corrected chi connectivity index (χ2v) is 5.43. The molecule has 0 aliphatic carbocycles. The van der Waals surface area contributed by atoms with Gasteiger partial charge in [0, 0.05) is 13.1 Å². The molecule has 1 aliphatic heterocycles. The van der Waals surface area contributed by atoms with Crippen LogP contribution in [0.1, 0.15) is 32.2 Å². The average Bonchev–Trinajstić information content (AvgIpc) is 3.04. The molecule has 1 atom stereocenters. The van der Waals surface area contributed by atoms with Crippen LogP contribution < -0.4 is 5.56 Å². The zero-order valence-electron chi connectivity index (χ0n) is 12.2. The molecule has 1 aromatic carbocycles. The second kappa shape index (κ2) is 5.68. The SMILES string of the molecule is CCC(C(=O)N1CCCC1)n1cnc2ccccc2c1=O. The van der Waals surface area contributed by atoms with Crippen molar-refractivity contribution in [3.63, 3.8) is 0 Å². The minimum absolute atomic E-state index is 0.0363. The molecule has 3 rings (SSSR count). The van der Waals surface area contributed by atoms with Crippen molar-refractivity contribution in [1.82, 2.24) is 14.5 Å². The van der Waals surface area contributed by atoms with Gasteiger partial charge in [0.25, 0.3) is 5.56 Å². The monoisotopic (exact) mass is 285 g/mol. The molecule has 1 aromatic heterocycles. The Morgan fingerprint density at radius 1 is 1.29 bits per heavy atom. The van der Waals surface area contributed by atoms with Crippen LogP contribution in [0, 0.1) is 0 Å². The van der Waals surface area contributed by atoms with E-state index >= 15 is 0 Å². The van der Waals surface area contributed by atoms with E-state index in [1.807, 2.05) is 30.0 Å². The van der Waals surface area contributed by atoms with Crippen molar-refractivity contribution in [3.8, 4) is 0 Å². The third-order valence-corrected chi connectivity index (χ3v) is 4.12. The lowest BCUT2D eigenvalue weighted by Gasteiger charge is -2.23. The van der Waals surface area contributed by atoms with Gasteiger partial charge in [0.15, 0.2) is 0 Å². The molecular weight excluding hydrogens is 266 g/mol. The van der Waals surface area contributed by atoms with E-state index in [9.17, 15) is 9.59 Å². The number of likely N-dealkylation sites (tertiary alicyclic amines) is 1. The number of carbonyl (C=O) groups excluding carboxylic acids is 1. The summed E-state index contributed by atoms with van der Waals surface area (Å²) in [6.45, 7) is 3.52. The van der Waals surface area contributed by atoms with Gasteiger partial charge in [-0.3, -0.25) is 14.2 Å². The predicted molar refractivity (Wildman–Crippen MR) is 81.1 cm³/mol. The molecule has 21 heavy (non-hydrogen) atoms. The van der Waals surface area contributed by atoms with Gasteiger partial charge in [-0.25, -0.2) is 4.98 Å². The minimum atomic E-state index is -0.451. The average molecular weight is 285 g/mol. The Labute approximate surface area is 123 Å². The van der Waals surface area contributed by atoms with Crippen molar-refractivity contribution in [2.45, 2.75) is 32.2 Å². The lowest BCUT2D eigenvalue weighted by molar-refractivity contribution is -0.133. The van der Waals surface area contributed by atoms with Crippen molar-refractivity contribution < 1.29 is 4.79 Å².